The number of ether oxygens (including phenoxy) is 1. The maximum Gasteiger partial charge on any atom is 0.337 e. The molecule has 2 rings (SSSR count). The minimum atomic E-state index is -0.355. The number of rotatable bonds is 8. The average molecular weight is 354 g/mol. The molecule has 1 amide bonds. The van der Waals surface area contributed by atoms with Crippen LogP contribution in [0, 0.1) is 6.92 Å². The Kier molecular flexibility index (Phi) is 7.36. The number of hydrogen-bond acceptors (Lipinski definition) is 4. The summed E-state index contributed by atoms with van der Waals surface area (Å²) in [6.07, 6.45) is 0.939. The molecule has 0 fully saturated rings. The fraction of sp³-hybridized carbons (Fsp3) is 0.333. The van der Waals surface area contributed by atoms with E-state index in [1.165, 1.54) is 7.11 Å². The van der Waals surface area contributed by atoms with Gasteiger partial charge in [0, 0.05) is 12.2 Å². The van der Waals surface area contributed by atoms with E-state index in [-0.39, 0.29) is 11.9 Å². The van der Waals surface area contributed by atoms with Crippen molar-refractivity contribution in [1.29, 1.82) is 0 Å². The molecule has 0 atom stereocenters. The number of para-hydroxylation sites is 1. The fourth-order valence-corrected chi connectivity index (χ4v) is 2.81. The Hall–Kier alpha value is -2.66. The molecule has 0 spiro atoms. The van der Waals surface area contributed by atoms with Gasteiger partial charge in [-0.2, -0.15) is 0 Å². The highest BCUT2D eigenvalue weighted by Crippen LogP contribution is 2.14. The van der Waals surface area contributed by atoms with Crippen molar-refractivity contribution in [2.75, 3.05) is 25.5 Å². The van der Waals surface area contributed by atoms with Gasteiger partial charge in [0.25, 0.3) is 0 Å². The molecule has 5 nitrogen and oxygen atoms in total. The van der Waals surface area contributed by atoms with E-state index in [4.69, 9.17) is 4.74 Å². The van der Waals surface area contributed by atoms with E-state index in [9.17, 15) is 9.59 Å². The maximum absolute atomic E-state index is 12.4. The van der Waals surface area contributed by atoms with Crippen LogP contribution < -0.4 is 5.32 Å². The molecule has 0 unspecified atom stereocenters. The summed E-state index contributed by atoms with van der Waals surface area (Å²) in [5.41, 5.74) is 3.37. The molecule has 0 aliphatic heterocycles. The van der Waals surface area contributed by atoms with Crippen LogP contribution in [0.1, 0.15) is 34.8 Å². The number of nitrogens with zero attached hydrogens (tertiary/aromatic N) is 1. The molecule has 0 saturated heterocycles. The molecule has 26 heavy (non-hydrogen) atoms. The third kappa shape index (κ3) is 5.70. The topological polar surface area (TPSA) is 58.6 Å². The van der Waals surface area contributed by atoms with E-state index in [2.05, 4.69) is 17.1 Å². The Morgan fingerprint density at radius 1 is 1.12 bits per heavy atom. The first-order chi connectivity index (χ1) is 12.5. The first-order valence-electron chi connectivity index (χ1n) is 8.78. The highest BCUT2D eigenvalue weighted by Gasteiger charge is 2.13. The van der Waals surface area contributed by atoms with Crippen LogP contribution in [-0.4, -0.2) is 37.0 Å². The predicted molar refractivity (Wildman–Crippen MR) is 103 cm³/mol. The lowest BCUT2D eigenvalue weighted by molar-refractivity contribution is -0.117. The zero-order chi connectivity index (χ0) is 18.9. The van der Waals surface area contributed by atoms with E-state index >= 15 is 0 Å². The first-order valence-corrected chi connectivity index (χ1v) is 8.78. The van der Waals surface area contributed by atoms with Crippen LogP contribution in [0.2, 0.25) is 0 Å². The Balaban J connectivity index is 2.03. The minimum Gasteiger partial charge on any atom is -0.465 e. The largest absolute Gasteiger partial charge is 0.465 e. The Morgan fingerprint density at radius 3 is 2.58 bits per heavy atom. The molecule has 2 aromatic carbocycles. The second kappa shape index (κ2) is 9.73. The first kappa shape index (κ1) is 19.7. The van der Waals surface area contributed by atoms with E-state index in [1.807, 2.05) is 49.4 Å². The smallest absolute Gasteiger partial charge is 0.337 e. The van der Waals surface area contributed by atoms with Gasteiger partial charge in [0.2, 0.25) is 5.91 Å². The number of aryl methyl sites for hydroxylation is 1. The quantitative estimate of drug-likeness (QED) is 0.736. The number of methoxy groups -OCH3 is 1. The summed E-state index contributed by atoms with van der Waals surface area (Å²) in [5, 5.41) is 2.97. The lowest BCUT2D eigenvalue weighted by Crippen LogP contribution is -2.33. The standard InChI is InChI=1S/C21H26N2O3/c1-4-12-23(14-17-9-7-10-18(13-17)21(25)26-3)15-20(24)22-19-11-6-5-8-16(19)2/h5-11,13H,4,12,14-15H2,1-3H3,(H,22,24). The number of amides is 1. The van der Waals surface area contributed by atoms with Gasteiger partial charge in [-0.25, -0.2) is 4.79 Å². The van der Waals surface area contributed by atoms with Gasteiger partial charge in [0.1, 0.15) is 0 Å². The summed E-state index contributed by atoms with van der Waals surface area (Å²) in [6.45, 7) is 5.74. The number of esters is 1. The summed E-state index contributed by atoms with van der Waals surface area (Å²) in [5.74, 6) is -0.400. The predicted octanol–water partition coefficient (Wildman–Crippen LogP) is 3.63. The molecule has 0 radical (unpaired) electrons. The van der Waals surface area contributed by atoms with Crippen LogP contribution >= 0.6 is 0 Å². The third-order valence-electron chi connectivity index (χ3n) is 4.08. The van der Waals surface area contributed by atoms with Crippen molar-refractivity contribution in [3.63, 3.8) is 0 Å². The van der Waals surface area contributed by atoms with Gasteiger partial charge in [-0.3, -0.25) is 9.69 Å². The summed E-state index contributed by atoms with van der Waals surface area (Å²) in [6, 6.07) is 15.0. The monoisotopic (exact) mass is 354 g/mol. The number of carbonyl (C=O) groups is 2. The Labute approximate surface area is 155 Å². The van der Waals surface area contributed by atoms with Crippen molar-refractivity contribution in [3.05, 3.63) is 65.2 Å². The molecular weight excluding hydrogens is 328 g/mol. The van der Waals surface area contributed by atoms with Crippen LogP contribution in [0.5, 0.6) is 0 Å². The zero-order valence-electron chi connectivity index (χ0n) is 15.6. The molecular formula is C21H26N2O3. The Bertz CT molecular complexity index is 758. The fourth-order valence-electron chi connectivity index (χ4n) is 2.81. The van der Waals surface area contributed by atoms with Crippen molar-refractivity contribution < 1.29 is 14.3 Å². The normalized spacial score (nSPS) is 10.6. The SMILES string of the molecule is CCCN(CC(=O)Nc1ccccc1C)Cc1cccc(C(=O)OC)c1. The van der Waals surface area contributed by atoms with Crippen LogP contribution in [0.25, 0.3) is 0 Å². The van der Waals surface area contributed by atoms with E-state index in [0.29, 0.717) is 18.7 Å². The van der Waals surface area contributed by atoms with Gasteiger partial charge in [0.15, 0.2) is 0 Å². The van der Waals surface area contributed by atoms with Gasteiger partial charge < -0.3 is 10.1 Å². The van der Waals surface area contributed by atoms with Crippen molar-refractivity contribution in [1.82, 2.24) is 4.90 Å². The highest BCUT2D eigenvalue weighted by atomic mass is 16.5. The second-order valence-corrected chi connectivity index (χ2v) is 6.27. The number of benzene rings is 2. The van der Waals surface area contributed by atoms with Gasteiger partial charge in [-0.05, 0) is 49.2 Å². The Morgan fingerprint density at radius 2 is 1.88 bits per heavy atom. The lowest BCUT2D eigenvalue weighted by atomic mass is 10.1. The molecule has 1 N–H and O–H groups in total. The summed E-state index contributed by atoms with van der Waals surface area (Å²) >= 11 is 0. The van der Waals surface area contributed by atoms with Crippen molar-refractivity contribution >= 4 is 17.6 Å². The highest BCUT2D eigenvalue weighted by molar-refractivity contribution is 5.93. The molecule has 5 heteroatoms. The van der Waals surface area contributed by atoms with Gasteiger partial charge in [-0.1, -0.05) is 37.3 Å². The maximum atomic E-state index is 12.4. The van der Waals surface area contributed by atoms with Crippen LogP contribution in [0.15, 0.2) is 48.5 Å². The third-order valence-corrected chi connectivity index (χ3v) is 4.08. The molecule has 0 aromatic heterocycles. The summed E-state index contributed by atoms with van der Waals surface area (Å²) in [7, 11) is 1.37. The number of nitrogens with one attached hydrogen (secondary N) is 1. The second-order valence-electron chi connectivity index (χ2n) is 6.27. The van der Waals surface area contributed by atoms with Gasteiger partial charge in [-0.15, -0.1) is 0 Å². The zero-order valence-corrected chi connectivity index (χ0v) is 15.6. The number of carbonyl (C=O) groups excluding carboxylic acids is 2. The molecule has 0 aliphatic carbocycles. The molecule has 138 valence electrons. The van der Waals surface area contributed by atoms with E-state index in [0.717, 1.165) is 29.8 Å². The summed E-state index contributed by atoms with van der Waals surface area (Å²) in [4.78, 5) is 26.2. The van der Waals surface area contributed by atoms with Crippen LogP contribution in [-0.2, 0) is 16.1 Å². The number of hydrogen-bond donors (Lipinski definition) is 1. The van der Waals surface area contributed by atoms with Crippen LogP contribution in [0.4, 0.5) is 5.69 Å². The molecule has 0 heterocycles. The van der Waals surface area contributed by atoms with Gasteiger partial charge >= 0.3 is 5.97 Å². The van der Waals surface area contributed by atoms with Crippen molar-refractivity contribution in [2.24, 2.45) is 0 Å². The van der Waals surface area contributed by atoms with Crippen molar-refractivity contribution in [2.45, 2.75) is 26.8 Å². The minimum absolute atomic E-state index is 0.0446. The van der Waals surface area contributed by atoms with Crippen molar-refractivity contribution in [3.8, 4) is 0 Å². The average Bonchev–Trinajstić information content (AvgIpc) is 2.63. The molecule has 0 aliphatic rings. The molecule has 0 saturated carbocycles. The van der Waals surface area contributed by atoms with E-state index < -0.39 is 0 Å². The number of anilines is 1. The molecule has 0 bridgehead atoms. The van der Waals surface area contributed by atoms with Crippen LogP contribution in [0.3, 0.4) is 0 Å². The lowest BCUT2D eigenvalue weighted by Gasteiger charge is -2.21. The van der Waals surface area contributed by atoms with E-state index in [1.54, 1.807) is 6.07 Å². The summed E-state index contributed by atoms with van der Waals surface area (Å²) < 4.78 is 4.77. The molecule has 2 aromatic rings. The van der Waals surface area contributed by atoms with Gasteiger partial charge in [0.05, 0.1) is 19.2 Å².